The van der Waals surface area contributed by atoms with E-state index in [4.69, 9.17) is 4.74 Å². The SMILES string of the molecule is C=C[C@]1(C)C[C@@H](OC(=O)CSc2ccncc2)[C@@]2(C)C3C(=O)CC[C@@]3(CC[C@H]2C)[C@@H](C)[C@@H]1O. The van der Waals surface area contributed by atoms with Crippen LogP contribution in [0.25, 0.3) is 0 Å². The third-order valence-electron chi connectivity index (χ3n) is 9.58. The fourth-order valence-electron chi connectivity index (χ4n) is 7.27. The Bertz CT molecular complexity index is 922. The van der Waals surface area contributed by atoms with Gasteiger partial charge in [-0.1, -0.05) is 33.8 Å². The van der Waals surface area contributed by atoms with E-state index in [-0.39, 0.29) is 40.7 Å². The molecule has 0 spiro atoms. The highest BCUT2D eigenvalue weighted by molar-refractivity contribution is 8.00. The first-order chi connectivity index (χ1) is 15.6. The standard InChI is InChI=1S/C27H37NO4S/c1-6-25(4)15-21(32-22(30)16-33-19-9-13-28-14-10-19)26(5)17(2)7-11-27(18(3)24(25)31)12-8-20(29)23(26)27/h6,9-10,13-14,17-18,21,23-24,31H,1,7-8,11-12,15-16H2,2-5H3/t17-,18+,21-,23?,24+,25-,26+,27+/m1/s1. The maximum absolute atomic E-state index is 13.4. The monoisotopic (exact) mass is 471 g/mol. The van der Waals surface area contributed by atoms with E-state index in [0.29, 0.717) is 12.8 Å². The van der Waals surface area contributed by atoms with Crippen molar-refractivity contribution in [1.29, 1.82) is 0 Å². The molecule has 0 saturated heterocycles. The maximum atomic E-state index is 13.4. The van der Waals surface area contributed by atoms with Gasteiger partial charge in [-0.05, 0) is 55.1 Å². The molecular weight excluding hydrogens is 434 g/mol. The fraction of sp³-hybridized carbons (Fsp3) is 0.667. The fourth-order valence-corrected chi connectivity index (χ4v) is 7.94. The van der Waals surface area contributed by atoms with Crippen molar-refractivity contribution < 1.29 is 19.4 Å². The average Bonchev–Trinajstić information content (AvgIpc) is 3.17. The molecule has 1 aromatic rings. The molecule has 180 valence electrons. The first kappa shape index (κ1) is 24.5. The Balaban J connectivity index is 1.70. The molecule has 4 rings (SSSR count). The van der Waals surface area contributed by atoms with Crippen LogP contribution in [-0.2, 0) is 14.3 Å². The van der Waals surface area contributed by atoms with E-state index in [0.717, 1.165) is 24.2 Å². The van der Waals surface area contributed by atoms with E-state index in [9.17, 15) is 14.7 Å². The smallest absolute Gasteiger partial charge is 0.316 e. The summed E-state index contributed by atoms with van der Waals surface area (Å²) < 4.78 is 6.26. The largest absolute Gasteiger partial charge is 0.461 e. The number of aliphatic hydroxyl groups is 1. The Labute approximate surface area is 201 Å². The van der Waals surface area contributed by atoms with Crippen molar-refractivity contribution in [1.82, 2.24) is 4.98 Å². The van der Waals surface area contributed by atoms with E-state index >= 15 is 0 Å². The summed E-state index contributed by atoms with van der Waals surface area (Å²) in [5.74, 6) is 0.197. The summed E-state index contributed by atoms with van der Waals surface area (Å²) in [5.41, 5.74) is -1.33. The second-order valence-corrected chi connectivity index (χ2v) is 12.1. The highest BCUT2D eigenvalue weighted by Crippen LogP contribution is 2.68. The van der Waals surface area contributed by atoms with Crippen molar-refractivity contribution in [3.63, 3.8) is 0 Å². The lowest BCUT2D eigenvalue weighted by Gasteiger charge is -2.61. The lowest BCUT2D eigenvalue weighted by molar-refractivity contribution is -0.205. The molecule has 0 aromatic carbocycles. The number of carbonyl (C=O) groups is 2. The second kappa shape index (κ2) is 8.84. The van der Waals surface area contributed by atoms with Crippen LogP contribution in [0, 0.1) is 34.0 Å². The van der Waals surface area contributed by atoms with Crippen LogP contribution >= 0.6 is 11.8 Å². The highest BCUT2D eigenvalue weighted by Gasteiger charge is 2.68. The summed E-state index contributed by atoms with van der Waals surface area (Å²) >= 11 is 1.42. The van der Waals surface area contributed by atoms with Gasteiger partial charge in [0.25, 0.3) is 0 Å². The predicted molar refractivity (Wildman–Crippen MR) is 130 cm³/mol. The van der Waals surface area contributed by atoms with Gasteiger partial charge in [0.1, 0.15) is 11.9 Å². The molecule has 0 radical (unpaired) electrons. The van der Waals surface area contributed by atoms with Crippen molar-refractivity contribution >= 4 is 23.5 Å². The first-order valence-corrected chi connectivity index (χ1v) is 13.1. The molecule has 0 amide bonds. The number of hydrogen-bond acceptors (Lipinski definition) is 6. The topological polar surface area (TPSA) is 76.5 Å². The van der Waals surface area contributed by atoms with Crippen molar-refractivity contribution in [2.24, 2.45) is 34.0 Å². The highest BCUT2D eigenvalue weighted by atomic mass is 32.2. The zero-order chi connectivity index (χ0) is 24.0. The number of carbonyl (C=O) groups excluding carboxylic acids is 2. The number of Topliss-reactive ketones (excluding diaryl/α,β-unsaturated/α-hetero) is 1. The van der Waals surface area contributed by atoms with Crippen LogP contribution in [0.1, 0.15) is 59.8 Å². The molecule has 3 aliphatic carbocycles. The average molecular weight is 472 g/mol. The Hall–Kier alpha value is -1.66. The first-order valence-electron chi connectivity index (χ1n) is 12.1. The summed E-state index contributed by atoms with van der Waals surface area (Å²) in [7, 11) is 0. The number of esters is 1. The normalized spacial score (nSPS) is 42.7. The molecule has 1 unspecified atom stereocenters. The van der Waals surface area contributed by atoms with Crippen LogP contribution in [-0.4, -0.2) is 39.8 Å². The minimum atomic E-state index is -0.645. The van der Waals surface area contributed by atoms with Gasteiger partial charge < -0.3 is 9.84 Å². The van der Waals surface area contributed by atoms with Gasteiger partial charge in [0.05, 0.1) is 11.9 Å². The molecule has 1 aromatic heterocycles. The number of rotatable bonds is 5. The summed E-state index contributed by atoms with van der Waals surface area (Å²) in [6, 6.07) is 3.74. The number of thioether (sulfide) groups is 1. The van der Waals surface area contributed by atoms with Gasteiger partial charge in [-0.2, -0.15) is 0 Å². The summed E-state index contributed by atoms with van der Waals surface area (Å²) in [6.45, 7) is 12.6. The van der Waals surface area contributed by atoms with E-state index in [2.05, 4.69) is 32.3 Å². The lowest BCUT2D eigenvalue weighted by Crippen LogP contribution is -2.63. The van der Waals surface area contributed by atoms with E-state index in [1.807, 2.05) is 25.1 Å². The summed E-state index contributed by atoms with van der Waals surface area (Å²) in [4.78, 5) is 31.5. The molecule has 1 N–H and O–H groups in total. The van der Waals surface area contributed by atoms with Crippen molar-refractivity contribution in [3.05, 3.63) is 37.2 Å². The van der Waals surface area contributed by atoms with Crippen molar-refractivity contribution in [2.75, 3.05) is 5.75 Å². The number of ketones is 1. The van der Waals surface area contributed by atoms with E-state index in [1.165, 1.54) is 11.8 Å². The molecular formula is C27H37NO4S. The number of aliphatic hydroxyl groups excluding tert-OH is 1. The third kappa shape index (κ3) is 3.87. The zero-order valence-corrected chi connectivity index (χ0v) is 21.1. The van der Waals surface area contributed by atoms with Crippen LogP contribution < -0.4 is 0 Å². The predicted octanol–water partition coefficient (Wildman–Crippen LogP) is 5.08. The molecule has 0 aliphatic heterocycles. The van der Waals surface area contributed by atoms with Gasteiger partial charge in [0, 0.05) is 40.5 Å². The molecule has 3 saturated carbocycles. The number of aromatic nitrogens is 1. The molecule has 3 fully saturated rings. The Morgan fingerprint density at radius 3 is 2.67 bits per heavy atom. The molecule has 5 nitrogen and oxygen atoms in total. The van der Waals surface area contributed by atoms with Crippen LogP contribution in [0.4, 0.5) is 0 Å². The van der Waals surface area contributed by atoms with Gasteiger partial charge >= 0.3 is 5.97 Å². The molecule has 1 heterocycles. The van der Waals surface area contributed by atoms with Gasteiger partial charge in [0.2, 0.25) is 0 Å². The Morgan fingerprint density at radius 1 is 1.30 bits per heavy atom. The number of pyridine rings is 1. The van der Waals surface area contributed by atoms with Gasteiger partial charge in [-0.15, -0.1) is 18.3 Å². The number of hydrogen-bond donors (Lipinski definition) is 1. The second-order valence-electron chi connectivity index (χ2n) is 11.0. The van der Waals surface area contributed by atoms with Gasteiger partial charge in [-0.25, -0.2) is 0 Å². The Morgan fingerprint density at radius 2 is 2.00 bits per heavy atom. The molecule has 33 heavy (non-hydrogen) atoms. The summed E-state index contributed by atoms with van der Waals surface area (Å²) in [6.07, 6.45) is 7.87. The van der Waals surface area contributed by atoms with Crippen LogP contribution in [0.5, 0.6) is 0 Å². The third-order valence-corrected chi connectivity index (χ3v) is 10.6. The summed E-state index contributed by atoms with van der Waals surface area (Å²) in [5, 5.41) is 11.6. The van der Waals surface area contributed by atoms with E-state index in [1.54, 1.807) is 12.4 Å². The van der Waals surface area contributed by atoms with Gasteiger partial charge in [0.15, 0.2) is 0 Å². The molecule has 6 heteroatoms. The zero-order valence-electron chi connectivity index (χ0n) is 20.3. The minimum Gasteiger partial charge on any atom is -0.461 e. The number of nitrogens with zero attached hydrogens (tertiary/aromatic N) is 1. The quantitative estimate of drug-likeness (QED) is 0.367. The maximum Gasteiger partial charge on any atom is 0.316 e. The van der Waals surface area contributed by atoms with Crippen LogP contribution in [0.15, 0.2) is 42.1 Å². The van der Waals surface area contributed by atoms with Crippen LogP contribution in [0.3, 0.4) is 0 Å². The van der Waals surface area contributed by atoms with Crippen LogP contribution in [0.2, 0.25) is 0 Å². The van der Waals surface area contributed by atoms with Crippen molar-refractivity contribution in [2.45, 2.75) is 76.9 Å². The van der Waals surface area contributed by atoms with Crippen molar-refractivity contribution in [3.8, 4) is 0 Å². The number of ether oxygens (including phenoxy) is 1. The van der Waals surface area contributed by atoms with E-state index < -0.39 is 23.0 Å². The minimum absolute atomic E-state index is 0.0253. The lowest BCUT2D eigenvalue weighted by atomic mass is 9.44. The Kier molecular flexibility index (Phi) is 6.56. The molecule has 2 bridgehead atoms. The van der Waals surface area contributed by atoms with Gasteiger partial charge in [-0.3, -0.25) is 14.6 Å². The molecule has 8 atom stereocenters. The molecule has 3 aliphatic rings.